The Kier molecular flexibility index (Phi) is 3.45. The first-order valence-corrected chi connectivity index (χ1v) is 7.88. The van der Waals surface area contributed by atoms with Crippen molar-refractivity contribution in [3.63, 3.8) is 0 Å². The Bertz CT molecular complexity index is 398. The summed E-state index contributed by atoms with van der Waals surface area (Å²) in [6.07, 6.45) is 3.78. The number of hydrogen-bond donors (Lipinski definition) is 2. The maximum Gasteiger partial charge on any atom is 0.323 e. The molecule has 0 spiro atoms. The van der Waals surface area contributed by atoms with Gasteiger partial charge in [0.15, 0.2) is 9.84 Å². The molecule has 2 atom stereocenters. The summed E-state index contributed by atoms with van der Waals surface area (Å²) < 4.78 is 23.8. The third kappa shape index (κ3) is 2.47. The summed E-state index contributed by atoms with van der Waals surface area (Å²) in [6.45, 7) is 0.666. The minimum atomic E-state index is -3.09. The van der Waals surface area contributed by atoms with Gasteiger partial charge in [0.1, 0.15) is 5.54 Å². The molecule has 2 saturated heterocycles. The molecule has 98 valence electrons. The van der Waals surface area contributed by atoms with Gasteiger partial charge in [-0.1, -0.05) is 6.42 Å². The van der Waals surface area contributed by atoms with Gasteiger partial charge < -0.3 is 10.4 Å². The Hall–Kier alpha value is -0.620. The first kappa shape index (κ1) is 12.8. The zero-order valence-electron chi connectivity index (χ0n) is 9.81. The highest BCUT2D eigenvalue weighted by Crippen LogP contribution is 2.32. The van der Waals surface area contributed by atoms with E-state index < -0.39 is 26.6 Å². The van der Waals surface area contributed by atoms with Gasteiger partial charge in [0.25, 0.3) is 0 Å². The minimum Gasteiger partial charge on any atom is -0.480 e. The van der Waals surface area contributed by atoms with E-state index in [2.05, 4.69) is 5.32 Å². The van der Waals surface area contributed by atoms with Crippen molar-refractivity contribution in [3.05, 3.63) is 0 Å². The fourth-order valence-corrected chi connectivity index (χ4v) is 4.89. The van der Waals surface area contributed by atoms with Gasteiger partial charge in [-0.25, -0.2) is 8.42 Å². The molecule has 0 saturated carbocycles. The summed E-state index contributed by atoms with van der Waals surface area (Å²) in [5, 5.41) is 11.8. The lowest BCUT2D eigenvalue weighted by molar-refractivity contribution is -0.144. The molecule has 0 aromatic carbocycles. The second-order valence-electron chi connectivity index (χ2n) is 5.11. The van der Waals surface area contributed by atoms with E-state index in [1.165, 1.54) is 0 Å². The smallest absolute Gasteiger partial charge is 0.323 e. The molecular weight excluding hydrogens is 242 g/mol. The molecule has 0 radical (unpaired) electrons. The van der Waals surface area contributed by atoms with E-state index in [1.54, 1.807) is 0 Å². The van der Waals surface area contributed by atoms with Gasteiger partial charge in [-0.05, 0) is 38.6 Å². The second kappa shape index (κ2) is 4.57. The number of aliphatic carboxylic acids is 1. The molecular formula is C11H19NO4S. The normalized spacial score (nSPS) is 36.8. The number of hydrogen-bond acceptors (Lipinski definition) is 4. The quantitative estimate of drug-likeness (QED) is 0.775. The summed E-state index contributed by atoms with van der Waals surface area (Å²) in [7, 11) is -3.09. The summed E-state index contributed by atoms with van der Waals surface area (Å²) in [5.41, 5.74) is -1.00. The van der Waals surface area contributed by atoms with Crippen LogP contribution in [-0.2, 0) is 14.6 Å². The van der Waals surface area contributed by atoms with Crippen LogP contribution < -0.4 is 5.32 Å². The average Bonchev–Trinajstić information content (AvgIpc) is 2.71. The number of carboxylic acids is 1. The van der Waals surface area contributed by atoms with E-state index in [0.29, 0.717) is 25.8 Å². The van der Waals surface area contributed by atoms with Gasteiger partial charge in [-0.3, -0.25) is 4.79 Å². The molecule has 2 N–H and O–H groups in total. The highest BCUT2D eigenvalue weighted by atomic mass is 32.2. The van der Waals surface area contributed by atoms with Crippen LogP contribution >= 0.6 is 0 Å². The standard InChI is InChI=1S/C11H19NO4S/c13-10(14)11(5-3-6-12-11)8-9-4-1-2-7-17(9,15)16/h9,12H,1-8H2,(H,13,14). The van der Waals surface area contributed by atoms with Crippen molar-refractivity contribution < 1.29 is 18.3 Å². The van der Waals surface area contributed by atoms with Crippen molar-refractivity contribution >= 4 is 15.8 Å². The lowest BCUT2D eigenvalue weighted by Gasteiger charge is -2.31. The summed E-state index contributed by atoms with van der Waals surface area (Å²) in [6, 6.07) is 0. The summed E-state index contributed by atoms with van der Waals surface area (Å²) >= 11 is 0. The lowest BCUT2D eigenvalue weighted by Crippen LogP contribution is -2.51. The van der Waals surface area contributed by atoms with Crippen molar-refractivity contribution in [2.24, 2.45) is 0 Å². The zero-order valence-corrected chi connectivity index (χ0v) is 10.6. The van der Waals surface area contributed by atoms with Crippen LogP contribution in [0.25, 0.3) is 0 Å². The lowest BCUT2D eigenvalue weighted by atomic mass is 9.90. The first-order valence-electron chi connectivity index (χ1n) is 6.16. The van der Waals surface area contributed by atoms with Crippen molar-refractivity contribution in [2.45, 2.75) is 49.3 Å². The van der Waals surface area contributed by atoms with Gasteiger partial charge in [0.2, 0.25) is 0 Å². The highest BCUT2D eigenvalue weighted by Gasteiger charge is 2.45. The van der Waals surface area contributed by atoms with E-state index >= 15 is 0 Å². The van der Waals surface area contributed by atoms with Crippen LogP contribution in [0, 0.1) is 0 Å². The van der Waals surface area contributed by atoms with Crippen LogP contribution in [0.1, 0.15) is 38.5 Å². The van der Waals surface area contributed by atoms with Crippen LogP contribution in [0.5, 0.6) is 0 Å². The summed E-state index contributed by atoms with van der Waals surface area (Å²) in [5.74, 6) is -0.691. The molecule has 2 fully saturated rings. The number of nitrogens with one attached hydrogen (secondary N) is 1. The van der Waals surface area contributed by atoms with Crippen molar-refractivity contribution in [1.82, 2.24) is 5.32 Å². The molecule has 5 nitrogen and oxygen atoms in total. The van der Waals surface area contributed by atoms with Crippen LogP contribution in [0.3, 0.4) is 0 Å². The molecule has 0 bridgehead atoms. The molecule has 2 aliphatic rings. The monoisotopic (exact) mass is 261 g/mol. The number of sulfone groups is 1. The third-order valence-corrected chi connectivity index (χ3v) is 6.22. The van der Waals surface area contributed by atoms with Gasteiger partial charge in [-0.15, -0.1) is 0 Å². The van der Waals surface area contributed by atoms with E-state index in [9.17, 15) is 18.3 Å². The molecule has 0 amide bonds. The second-order valence-corrected chi connectivity index (χ2v) is 7.51. The van der Waals surface area contributed by atoms with E-state index in [1.807, 2.05) is 0 Å². The molecule has 0 aromatic rings. The highest BCUT2D eigenvalue weighted by molar-refractivity contribution is 7.92. The average molecular weight is 261 g/mol. The Morgan fingerprint density at radius 2 is 2.12 bits per heavy atom. The van der Waals surface area contributed by atoms with Crippen molar-refractivity contribution in [3.8, 4) is 0 Å². The van der Waals surface area contributed by atoms with Crippen LogP contribution in [0.4, 0.5) is 0 Å². The first-order chi connectivity index (χ1) is 7.96. The SMILES string of the molecule is O=C(O)C1(CC2CCCCS2(=O)=O)CCCN1. The predicted molar refractivity (Wildman–Crippen MR) is 63.6 cm³/mol. The fraction of sp³-hybridized carbons (Fsp3) is 0.909. The van der Waals surface area contributed by atoms with E-state index in [-0.39, 0.29) is 12.2 Å². The van der Waals surface area contributed by atoms with Crippen molar-refractivity contribution in [1.29, 1.82) is 0 Å². The van der Waals surface area contributed by atoms with Crippen LogP contribution in [0.2, 0.25) is 0 Å². The fourth-order valence-electron chi connectivity index (χ4n) is 2.89. The summed E-state index contributed by atoms with van der Waals surface area (Å²) in [4.78, 5) is 11.4. The molecule has 2 aliphatic heterocycles. The molecule has 6 heteroatoms. The molecule has 0 aromatic heterocycles. The molecule has 2 heterocycles. The van der Waals surface area contributed by atoms with Crippen LogP contribution in [0.15, 0.2) is 0 Å². The maximum absolute atomic E-state index is 11.9. The number of carbonyl (C=O) groups is 1. The van der Waals surface area contributed by atoms with Gasteiger partial charge in [-0.2, -0.15) is 0 Å². The minimum absolute atomic E-state index is 0.216. The Balaban J connectivity index is 2.15. The topological polar surface area (TPSA) is 83.5 Å². The van der Waals surface area contributed by atoms with Gasteiger partial charge in [0.05, 0.1) is 11.0 Å². The number of carboxylic acid groups (broad SMARTS) is 1. The predicted octanol–water partition coefficient (Wildman–Crippen LogP) is 0.551. The molecule has 2 unspecified atom stereocenters. The van der Waals surface area contributed by atoms with E-state index in [4.69, 9.17) is 0 Å². The van der Waals surface area contributed by atoms with Crippen LogP contribution in [-0.4, -0.2) is 42.6 Å². The van der Waals surface area contributed by atoms with Crippen molar-refractivity contribution in [2.75, 3.05) is 12.3 Å². The molecule has 2 rings (SSSR count). The molecule has 17 heavy (non-hydrogen) atoms. The Labute approximate surface area is 102 Å². The largest absolute Gasteiger partial charge is 0.480 e. The molecule has 0 aliphatic carbocycles. The zero-order chi connectivity index (χ0) is 12.5. The van der Waals surface area contributed by atoms with E-state index in [0.717, 1.165) is 12.8 Å². The third-order valence-electron chi connectivity index (χ3n) is 3.94. The maximum atomic E-state index is 11.9. The number of rotatable bonds is 3. The Morgan fingerprint density at radius 3 is 2.65 bits per heavy atom. The van der Waals surface area contributed by atoms with Gasteiger partial charge in [0, 0.05) is 0 Å². The van der Waals surface area contributed by atoms with Gasteiger partial charge >= 0.3 is 5.97 Å². The Morgan fingerprint density at radius 1 is 1.35 bits per heavy atom.